The molecule has 150 valence electrons. The summed E-state index contributed by atoms with van der Waals surface area (Å²) in [6.07, 6.45) is 3.88. The molecular weight excluding hydrogens is 354 g/mol. The van der Waals surface area contributed by atoms with Crippen molar-refractivity contribution in [1.29, 1.82) is 0 Å². The number of carbonyl (C=O) groups excluding carboxylic acids is 1. The lowest BCUT2D eigenvalue weighted by Crippen LogP contribution is -2.26. The summed E-state index contributed by atoms with van der Waals surface area (Å²) in [4.78, 5) is 15.4. The molecule has 2 unspecified atom stereocenters. The molecule has 0 aromatic heterocycles. The van der Waals surface area contributed by atoms with Gasteiger partial charge < -0.3 is 19.5 Å². The number of phenolic OH excluding ortho intramolecular Hbond substituents is 1. The summed E-state index contributed by atoms with van der Waals surface area (Å²) < 4.78 is 10.7. The summed E-state index contributed by atoms with van der Waals surface area (Å²) >= 11 is 0. The van der Waals surface area contributed by atoms with Crippen LogP contribution in [0.15, 0.2) is 36.4 Å². The van der Waals surface area contributed by atoms with E-state index in [0.29, 0.717) is 17.1 Å². The predicted octanol–water partition coefficient (Wildman–Crippen LogP) is 4.63. The van der Waals surface area contributed by atoms with Crippen LogP contribution in [0.5, 0.6) is 17.2 Å². The van der Waals surface area contributed by atoms with E-state index in [9.17, 15) is 9.90 Å². The molecule has 0 saturated heterocycles. The van der Waals surface area contributed by atoms with Crippen LogP contribution in [-0.4, -0.2) is 39.2 Å². The minimum Gasteiger partial charge on any atom is -0.506 e. The minimum absolute atomic E-state index is 0.0802. The van der Waals surface area contributed by atoms with Gasteiger partial charge in [-0.3, -0.25) is 4.79 Å². The average molecular weight is 383 g/mol. The van der Waals surface area contributed by atoms with Crippen molar-refractivity contribution in [3.05, 3.63) is 47.5 Å². The van der Waals surface area contributed by atoms with Gasteiger partial charge in [0.2, 0.25) is 0 Å². The molecule has 0 amide bonds. The first-order valence-corrected chi connectivity index (χ1v) is 9.72. The molecule has 5 heteroatoms. The molecule has 2 atom stereocenters. The maximum Gasteiger partial charge on any atom is 0.170 e. The normalized spacial score (nSPS) is 19.1. The molecule has 3 rings (SSSR count). The maximum absolute atomic E-state index is 13.5. The quantitative estimate of drug-likeness (QED) is 0.737. The number of ether oxygens (including phenoxy) is 2. The number of rotatable bonds is 6. The Labute approximate surface area is 166 Å². The van der Waals surface area contributed by atoms with E-state index in [2.05, 4.69) is 0 Å². The molecule has 0 aliphatic heterocycles. The Morgan fingerprint density at radius 1 is 1.04 bits per heavy atom. The molecule has 0 radical (unpaired) electrons. The molecule has 1 aliphatic rings. The standard InChI is InChI=1S/C23H29NO4/c1-24(2)20-11-9-15(13-21(20)25)17-7-5-6-8-18(17)23(26)19-14-16(27-3)10-12-22(19)28-4/h9-14,17-18,25H,5-8H2,1-4H3. The van der Waals surface area contributed by atoms with Gasteiger partial charge in [-0.15, -0.1) is 0 Å². The highest BCUT2D eigenvalue weighted by molar-refractivity contribution is 6.01. The van der Waals surface area contributed by atoms with Crippen molar-refractivity contribution in [2.24, 2.45) is 5.92 Å². The Kier molecular flexibility index (Phi) is 6.12. The number of benzene rings is 2. The van der Waals surface area contributed by atoms with Crippen molar-refractivity contribution in [1.82, 2.24) is 0 Å². The SMILES string of the molecule is COc1ccc(OC)c(C(=O)C2CCCCC2c2ccc(N(C)C)c(O)c2)c1. The lowest BCUT2D eigenvalue weighted by Gasteiger charge is -2.31. The molecule has 0 bridgehead atoms. The molecule has 2 aromatic rings. The van der Waals surface area contributed by atoms with E-state index >= 15 is 0 Å². The van der Waals surface area contributed by atoms with E-state index in [1.54, 1.807) is 32.4 Å². The number of hydrogen-bond acceptors (Lipinski definition) is 5. The summed E-state index contributed by atoms with van der Waals surface area (Å²) in [6, 6.07) is 11.1. The molecule has 0 spiro atoms. The third-order valence-electron chi connectivity index (χ3n) is 5.68. The number of nitrogens with zero attached hydrogens (tertiary/aromatic N) is 1. The molecule has 1 saturated carbocycles. The van der Waals surface area contributed by atoms with Gasteiger partial charge in [-0.05, 0) is 54.7 Å². The number of methoxy groups -OCH3 is 2. The predicted molar refractivity (Wildman–Crippen MR) is 111 cm³/mol. The van der Waals surface area contributed by atoms with E-state index in [1.165, 1.54) is 0 Å². The van der Waals surface area contributed by atoms with Gasteiger partial charge in [0.1, 0.15) is 17.2 Å². The van der Waals surface area contributed by atoms with Gasteiger partial charge in [-0.2, -0.15) is 0 Å². The molecule has 0 heterocycles. The van der Waals surface area contributed by atoms with Crippen LogP contribution >= 0.6 is 0 Å². The van der Waals surface area contributed by atoms with E-state index in [1.807, 2.05) is 37.2 Å². The lowest BCUT2D eigenvalue weighted by molar-refractivity contribution is 0.0864. The van der Waals surface area contributed by atoms with Crippen molar-refractivity contribution in [2.45, 2.75) is 31.6 Å². The highest BCUT2D eigenvalue weighted by atomic mass is 16.5. The van der Waals surface area contributed by atoms with E-state index in [4.69, 9.17) is 9.47 Å². The highest BCUT2D eigenvalue weighted by Gasteiger charge is 2.34. The van der Waals surface area contributed by atoms with Crippen LogP contribution in [0.3, 0.4) is 0 Å². The van der Waals surface area contributed by atoms with E-state index in [0.717, 1.165) is 36.9 Å². The third-order valence-corrected chi connectivity index (χ3v) is 5.68. The zero-order valence-corrected chi connectivity index (χ0v) is 17.1. The number of ketones is 1. The first-order valence-electron chi connectivity index (χ1n) is 9.72. The van der Waals surface area contributed by atoms with Gasteiger partial charge in [0.05, 0.1) is 25.5 Å². The molecule has 5 nitrogen and oxygen atoms in total. The summed E-state index contributed by atoms with van der Waals surface area (Å²) in [5.41, 5.74) is 2.35. The van der Waals surface area contributed by atoms with Gasteiger partial charge in [-0.1, -0.05) is 18.9 Å². The zero-order valence-electron chi connectivity index (χ0n) is 17.1. The molecule has 1 aliphatic carbocycles. The Balaban J connectivity index is 1.96. The lowest BCUT2D eigenvalue weighted by atomic mass is 9.72. The summed E-state index contributed by atoms with van der Waals surface area (Å²) in [6.45, 7) is 0. The third kappa shape index (κ3) is 3.93. The van der Waals surface area contributed by atoms with Crippen molar-refractivity contribution in [2.75, 3.05) is 33.2 Å². The second-order valence-corrected chi connectivity index (χ2v) is 7.57. The van der Waals surface area contributed by atoms with Crippen LogP contribution in [-0.2, 0) is 0 Å². The summed E-state index contributed by atoms with van der Waals surface area (Å²) in [7, 11) is 6.97. The summed E-state index contributed by atoms with van der Waals surface area (Å²) in [5.74, 6) is 1.49. The number of aromatic hydroxyl groups is 1. The Hall–Kier alpha value is -2.69. The Bertz CT molecular complexity index is 846. The van der Waals surface area contributed by atoms with E-state index < -0.39 is 0 Å². The minimum atomic E-state index is -0.139. The first kappa shape index (κ1) is 20.1. The number of phenols is 1. The smallest absolute Gasteiger partial charge is 0.170 e. The van der Waals surface area contributed by atoms with Crippen LogP contribution < -0.4 is 14.4 Å². The zero-order chi connectivity index (χ0) is 20.3. The average Bonchev–Trinajstić information content (AvgIpc) is 2.72. The van der Waals surface area contributed by atoms with Gasteiger partial charge in [0, 0.05) is 20.0 Å². The van der Waals surface area contributed by atoms with Crippen LogP contribution in [0.2, 0.25) is 0 Å². The van der Waals surface area contributed by atoms with Gasteiger partial charge in [0.15, 0.2) is 5.78 Å². The second-order valence-electron chi connectivity index (χ2n) is 7.57. The fraction of sp³-hybridized carbons (Fsp3) is 0.435. The van der Waals surface area contributed by atoms with Crippen LogP contribution in [0, 0.1) is 5.92 Å². The van der Waals surface area contributed by atoms with Gasteiger partial charge >= 0.3 is 0 Å². The highest BCUT2D eigenvalue weighted by Crippen LogP contribution is 2.43. The maximum atomic E-state index is 13.5. The van der Waals surface area contributed by atoms with Crippen LogP contribution in [0.4, 0.5) is 5.69 Å². The van der Waals surface area contributed by atoms with Crippen LogP contribution in [0.25, 0.3) is 0 Å². The number of Topliss-reactive ketones (excluding diaryl/α,β-unsaturated/α-hetero) is 1. The fourth-order valence-electron chi connectivity index (χ4n) is 4.20. The fourth-order valence-corrected chi connectivity index (χ4v) is 4.20. The Morgan fingerprint density at radius 2 is 1.79 bits per heavy atom. The largest absolute Gasteiger partial charge is 0.506 e. The summed E-state index contributed by atoms with van der Waals surface area (Å²) in [5, 5.41) is 10.4. The molecule has 2 aromatic carbocycles. The molecule has 28 heavy (non-hydrogen) atoms. The molecule has 1 fully saturated rings. The van der Waals surface area contributed by atoms with Crippen molar-refractivity contribution in [3.63, 3.8) is 0 Å². The number of carbonyl (C=O) groups is 1. The Morgan fingerprint density at radius 3 is 2.43 bits per heavy atom. The molecular formula is C23H29NO4. The first-order chi connectivity index (χ1) is 13.5. The van der Waals surface area contributed by atoms with Crippen molar-refractivity contribution < 1.29 is 19.4 Å². The van der Waals surface area contributed by atoms with Crippen LogP contribution in [0.1, 0.15) is 47.5 Å². The monoisotopic (exact) mass is 383 g/mol. The van der Waals surface area contributed by atoms with Crippen molar-refractivity contribution >= 4 is 11.5 Å². The molecule has 1 N–H and O–H groups in total. The topological polar surface area (TPSA) is 59.0 Å². The van der Waals surface area contributed by atoms with E-state index in [-0.39, 0.29) is 23.4 Å². The number of hydrogen-bond donors (Lipinski definition) is 1. The van der Waals surface area contributed by atoms with Gasteiger partial charge in [0.25, 0.3) is 0 Å². The van der Waals surface area contributed by atoms with Crippen molar-refractivity contribution in [3.8, 4) is 17.2 Å². The van der Waals surface area contributed by atoms with Gasteiger partial charge in [-0.25, -0.2) is 0 Å². The second kappa shape index (κ2) is 8.55. The number of anilines is 1.